The van der Waals surface area contributed by atoms with Crippen molar-refractivity contribution in [3.05, 3.63) is 54.4 Å². The van der Waals surface area contributed by atoms with Crippen LogP contribution in [0.2, 0.25) is 0 Å². The summed E-state index contributed by atoms with van der Waals surface area (Å²) < 4.78 is 13.8. The summed E-state index contributed by atoms with van der Waals surface area (Å²) in [5.74, 6) is 2.47. The van der Waals surface area contributed by atoms with Gasteiger partial charge in [-0.2, -0.15) is 0 Å². The van der Waals surface area contributed by atoms with Gasteiger partial charge >= 0.3 is 0 Å². The van der Waals surface area contributed by atoms with E-state index in [2.05, 4.69) is 29.7 Å². The van der Waals surface area contributed by atoms with Crippen LogP contribution in [0.3, 0.4) is 0 Å². The fourth-order valence-corrected chi connectivity index (χ4v) is 3.77. The topological polar surface area (TPSA) is 36.3 Å². The normalized spacial score (nSPS) is 11.1. The molecule has 0 radical (unpaired) electrons. The van der Waals surface area contributed by atoms with E-state index in [0.717, 1.165) is 29.4 Å². The van der Waals surface area contributed by atoms with Crippen molar-refractivity contribution in [1.82, 2.24) is 9.55 Å². The predicted molar refractivity (Wildman–Crippen MR) is 120 cm³/mol. The van der Waals surface area contributed by atoms with Gasteiger partial charge in [-0.1, -0.05) is 76.1 Å². The number of imidazole rings is 1. The van der Waals surface area contributed by atoms with Gasteiger partial charge in [0.15, 0.2) is 11.5 Å². The SMILES string of the molecule is CCCCCCCCCCn1c(COc2ccccc2OC)nc2ccccc21. The molecule has 4 heteroatoms. The smallest absolute Gasteiger partial charge is 0.161 e. The molecule has 0 aliphatic rings. The molecule has 0 aliphatic carbocycles. The monoisotopic (exact) mass is 394 g/mol. The van der Waals surface area contributed by atoms with Crippen molar-refractivity contribution in [2.24, 2.45) is 0 Å². The van der Waals surface area contributed by atoms with E-state index in [1.807, 2.05) is 30.3 Å². The van der Waals surface area contributed by atoms with Gasteiger partial charge in [-0.15, -0.1) is 0 Å². The number of aryl methyl sites for hydroxylation is 1. The number of hydrogen-bond donors (Lipinski definition) is 0. The van der Waals surface area contributed by atoms with Crippen LogP contribution in [0.4, 0.5) is 0 Å². The van der Waals surface area contributed by atoms with Crippen molar-refractivity contribution in [1.29, 1.82) is 0 Å². The molecule has 3 rings (SSSR count). The minimum Gasteiger partial charge on any atom is -0.493 e. The summed E-state index contributed by atoms with van der Waals surface area (Å²) in [6.45, 7) is 3.69. The van der Waals surface area contributed by atoms with Gasteiger partial charge in [0, 0.05) is 6.54 Å². The zero-order chi connectivity index (χ0) is 20.3. The highest BCUT2D eigenvalue weighted by Crippen LogP contribution is 2.27. The van der Waals surface area contributed by atoms with Crippen molar-refractivity contribution in [3.63, 3.8) is 0 Å². The Labute approximate surface area is 174 Å². The first kappa shape index (κ1) is 21.2. The Morgan fingerprint density at radius 2 is 1.45 bits per heavy atom. The summed E-state index contributed by atoms with van der Waals surface area (Å²) in [5.41, 5.74) is 2.22. The molecule has 1 aromatic heterocycles. The first-order chi connectivity index (χ1) is 14.3. The number of benzene rings is 2. The molecule has 0 saturated carbocycles. The lowest BCUT2D eigenvalue weighted by Crippen LogP contribution is -2.08. The minimum absolute atomic E-state index is 0.437. The molecule has 4 nitrogen and oxygen atoms in total. The van der Waals surface area contributed by atoms with Crippen molar-refractivity contribution in [2.45, 2.75) is 71.4 Å². The van der Waals surface area contributed by atoms with Gasteiger partial charge in [-0.05, 0) is 30.7 Å². The average Bonchev–Trinajstić information content (AvgIpc) is 3.12. The minimum atomic E-state index is 0.437. The number of ether oxygens (including phenoxy) is 2. The van der Waals surface area contributed by atoms with E-state index in [9.17, 15) is 0 Å². The van der Waals surface area contributed by atoms with Crippen molar-refractivity contribution >= 4 is 11.0 Å². The Bertz CT molecular complexity index is 872. The number of rotatable bonds is 13. The number of para-hydroxylation sites is 4. The molecule has 3 aromatic rings. The van der Waals surface area contributed by atoms with Gasteiger partial charge in [0.2, 0.25) is 0 Å². The molecular weight excluding hydrogens is 360 g/mol. The van der Waals surface area contributed by atoms with E-state index in [-0.39, 0.29) is 0 Å². The summed E-state index contributed by atoms with van der Waals surface area (Å²) in [6.07, 6.45) is 10.6. The predicted octanol–water partition coefficient (Wildman–Crippen LogP) is 6.76. The fraction of sp³-hybridized carbons (Fsp3) is 0.480. The van der Waals surface area contributed by atoms with Crippen LogP contribution in [0.15, 0.2) is 48.5 Å². The highest BCUT2D eigenvalue weighted by Gasteiger charge is 2.12. The number of unbranched alkanes of at least 4 members (excludes halogenated alkanes) is 7. The van der Waals surface area contributed by atoms with Crippen LogP contribution < -0.4 is 9.47 Å². The third kappa shape index (κ3) is 5.99. The highest BCUT2D eigenvalue weighted by atomic mass is 16.5. The Balaban J connectivity index is 1.60. The number of methoxy groups -OCH3 is 1. The number of fused-ring (bicyclic) bond motifs is 1. The van der Waals surface area contributed by atoms with Crippen LogP contribution in [-0.4, -0.2) is 16.7 Å². The summed E-state index contributed by atoms with van der Waals surface area (Å²) >= 11 is 0. The number of hydrogen-bond acceptors (Lipinski definition) is 3. The number of aromatic nitrogens is 2. The van der Waals surface area contributed by atoms with Crippen LogP contribution in [-0.2, 0) is 13.2 Å². The Morgan fingerprint density at radius 1 is 0.793 bits per heavy atom. The molecule has 156 valence electrons. The largest absolute Gasteiger partial charge is 0.493 e. The second-order valence-electron chi connectivity index (χ2n) is 7.58. The molecule has 0 fully saturated rings. The maximum absolute atomic E-state index is 6.06. The van der Waals surface area contributed by atoms with E-state index < -0.39 is 0 Å². The summed E-state index contributed by atoms with van der Waals surface area (Å²) in [6, 6.07) is 16.1. The van der Waals surface area contributed by atoms with E-state index in [1.165, 1.54) is 56.9 Å². The fourth-order valence-electron chi connectivity index (χ4n) is 3.77. The summed E-state index contributed by atoms with van der Waals surface area (Å²) in [7, 11) is 1.67. The highest BCUT2D eigenvalue weighted by molar-refractivity contribution is 5.75. The van der Waals surface area contributed by atoms with Crippen LogP contribution in [0.25, 0.3) is 11.0 Å². The third-order valence-electron chi connectivity index (χ3n) is 5.39. The molecule has 0 atom stereocenters. The first-order valence-corrected chi connectivity index (χ1v) is 11.0. The second kappa shape index (κ2) is 11.5. The quantitative estimate of drug-likeness (QED) is 0.300. The van der Waals surface area contributed by atoms with E-state index in [0.29, 0.717) is 6.61 Å². The van der Waals surface area contributed by atoms with Gasteiger partial charge in [0.1, 0.15) is 12.4 Å². The molecular formula is C25H34N2O2. The van der Waals surface area contributed by atoms with Gasteiger partial charge in [-0.25, -0.2) is 4.98 Å². The van der Waals surface area contributed by atoms with Crippen molar-refractivity contribution in [3.8, 4) is 11.5 Å². The standard InChI is InChI=1S/C25H34N2O2/c1-3-4-5-6-7-8-9-14-19-27-22-16-11-10-15-21(22)26-25(27)20-29-24-18-13-12-17-23(24)28-2/h10-13,15-18H,3-9,14,19-20H2,1-2H3. The third-order valence-corrected chi connectivity index (χ3v) is 5.39. The zero-order valence-electron chi connectivity index (χ0n) is 17.9. The Kier molecular flexibility index (Phi) is 8.41. The molecule has 0 bridgehead atoms. The summed E-state index contributed by atoms with van der Waals surface area (Å²) in [4.78, 5) is 4.83. The van der Waals surface area contributed by atoms with Crippen molar-refractivity contribution in [2.75, 3.05) is 7.11 Å². The van der Waals surface area contributed by atoms with Gasteiger partial charge < -0.3 is 14.0 Å². The van der Waals surface area contributed by atoms with Crippen molar-refractivity contribution < 1.29 is 9.47 Å². The molecule has 1 heterocycles. The average molecular weight is 395 g/mol. The molecule has 0 unspecified atom stereocenters. The van der Waals surface area contributed by atoms with Gasteiger partial charge in [0.05, 0.1) is 18.1 Å². The summed E-state index contributed by atoms with van der Waals surface area (Å²) in [5, 5.41) is 0. The van der Waals surface area contributed by atoms with E-state index in [4.69, 9.17) is 14.5 Å². The lowest BCUT2D eigenvalue weighted by atomic mass is 10.1. The van der Waals surface area contributed by atoms with Gasteiger partial charge in [0.25, 0.3) is 0 Å². The molecule has 0 spiro atoms. The zero-order valence-corrected chi connectivity index (χ0v) is 17.9. The lowest BCUT2D eigenvalue weighted by Gasteiger charge is -2.12. The molecule has 0 saturated heterocycles. The number of nitrogens with zero attached hydrogens (tertiary/aromatic N) is 2. The van der Waals surface area contributed by atoms with Gasteiger partial charge in [-0.3, -0.25) is 0 Å². The second-order valence-corrected chi connectivity index (χ2v) is 7.58. The maximum Gasteiger partial charge on any atom is 0.161 e. The van der Waals surface area contributed by atoms with Crippen LogP contribution in [0, 0.1) is 0 Å². The molecule has 0 amide bonds. The molecule has 29 heavy (non-hydrogen) atoms. The molecule has 0 N–H and O–H groups in total. The Morgan fingerprint density at radius 3 is 2.21 bits per heavy atom. The van der Waals surface area contributed by atoms with E-state index in [1.54, 1.807) is 7.11 Å². The molecule has 0 aliphatic heterocycles. The van der Waals surface area contributed by atoms with Crippen LogP contribution in [0.1, 0.15) is 64.1 Å². The lowest BCUT2D eigenvalue weighted by molar-refractivity contribution is 0.271. The first-order valence-electron chi connectivity index (χ1n) is 11.0. The van der Waals surface area contributed by atoms with E-state index >= 15 is 0 Å². The molecule has 2 aromatic carbocycles. The maximum atomic E-state index is 6.06. The Hall–Kier alpha value is -2.49. The van der Waals surface area contributed by atoms with Crippen LogP contribution in [0.5, 0.6) is 11.5 Å². The van der Waals surface area contributed by atoms with Crippen LogP contribution >= 0.6 is 0 Å².